The van der Waals surface area contributed by atoms with Crippen molar-refractivity contribution < 1.29 is 28.4 Å². The molecule has 3 unspecified atom stereocenters. The largest absolute Gasteiger partial charge is 0.472 e. The van der Waals surface area contributed by atoms with Crippen LogP contribution in [0.25, 0.3) is 0 Å². The predicted molar refractivity (Wildman–Crippen MR) is 207 cm³/mol. The van der Waals surface area contributed by atoms with Gasteiger partial charge in [0.05, 0.1) is 25.4 Å². The first kappa shape index (κ1) is 47.2. The van der Waals surface area contributed by atoms with E-state index in [2.05, 4.69) is 67.8 Å². The minimum absolute atomic E-state index is 0.0688. The zero-order chi connectivity index (χ0) is 36.1. The van der Waals surface area contributed by atoms with E-state index in [0.29, 0.717) is 6.42 Å². The molecule has 0 aliphatic rings. The number of aliphatic hydroxyl groups is 1. The molecule has 0 fully saturated rings. The Bertz CT molecular complexity index is 949. The Morgan fingerprint density at radius 3 is 1.76 bits per heavy atom. The summed E-state index contributed by atoms with van der Waals surface area (Å²) < 4.78 is 22.0. The minimum atomic E-state index is -4.35. The van der Waals surface area contributed by atoms with Gasteiger partial charge in [-0.1, -0.05) is 139 Å². The van der Waals surface area contributed by atoms with E-state index in [-0.39, 0.29) is 25.7 Å². The van der Waals surface area contributed by atoms with Gasteiger partial charge in [-0.3, -0.25) is 13.8 Å². The van der Waals surface area contributed by atoms with Crippen LogP contribution in [0.1, 0.15) is 155 Å². The van der Waals surface area contributed by atoms with Gasteiger partial charge < -0.3 is 21.1 Å². The maximum atomic E-state index is 12.7. The molecule has 284 valence electrons. The maximum absolute atomic E-state index is 12.7. The monoisotopic (exact) mass is 709 g/mol. The van der Waals surface area contributed by atoms with Crippen molar-refractivity contribution in [2.24, 2.45) is 5.73 Å². The van der Waals surface area contributed by atoms with Gasteiger partial charge in [0.15, 0.2) is 0 Å². The van der Waals surface area contributed by atoms with E-state index in [9.17, 15) is 19.4 Å². The van der Waals surface area contributed by atoms with Crippen molar-refractivity contribution in [3.05, 3.63) is 60.8 Å². The lowest BCUT2D eigenvalue weighted by atomic mass is 10.1. The SMILES string of the molecule is CCCCC/C=C\C/C=C\C/C=C\CCCCCCCCC(=O)NC(COP(=O)(O)OCCN)C(O)/C=C/CC/C=C/CCCCCCC. The van der Waals surface area contributed by atoms with E-state index in [1.165, 1.54) is 70.6 Å². The third kappa shape index (κ3) is 34.4. The van der Waals surface area contributed by atoms with Crippen molar-refractivity contribution in [3.63, 3.8) is 0 Å². The number of nitrogens with one attached hydrogen (secondary N) is 1. The van der Waals surface area contributed by atoms with E-state index in [1.807, 2.05) is 6.08 Å². The fraction of sp³-hybridized carbons (Fsp3) is 0.725. The highest BCUT2D eigenvalue weighted by atomic mass is 31.2. The van der Waals surface area contributed by atoms with Crippen LogP contribution in [0.2, 0.25) is 0 Å². The highest BCUT2D eigenvalue weighted by Gasteiger charge is 2.26. The van der Waals surface area contributed by atoms with Gasteiger partial charge in [-0.15, -0.1) is 0 Å². The number of phosphoric ester groups is 1. The second-order valence-corrected chi connectivity index (χ2v) is 14.2. The lowest BCUT2D eigenvalue weighted by Crippen LogP contribution is -2.45. The lowest BCUT2D eigenvalue weighted by molar-refractivity contribution is -0.123. The van der Waals surface area contributed by atoms with Gasteiger partial charge in [0.2, 0.25) is 5.91 Å². The van der Waals surface area contributed by atoms with Crippen LogP contribution in [0.3, 0.4) is 0 Å². The van der Waals surface area contributed by atoms with Gasteiger partial charge in [0.1, 0.15) is 0 Å². The number of rotatable bonds is 35. The average Bonchev–Trinajstić information content (AvgIpc) is 3.09. The summed E-state index contributed by atoms with van der Waals surface area (Å²) in [6.07, 6.45) is 44.1. The molecule has 8 nitrogen and oxygen atoms in total. The molecule has 0 spiro atoms. The Labute approximate surface area is 300 Å². The van der Waals surface area contributed by atoms with E-state index in [1.54, 1.807) is 6.08 Å². The molecule has 0 aromatic rings. The van der Waals surface area contributed by atoms with Crippen LogP contribution < -0.4 is 11.1 Å². The molecule has 0 aromatic carbocycles. The van der Waals surface area contributed by atoms with Crippen molar-refractivity contribution in [3.8, 4) is 0 Å². The molecular weight excluding hydrogens is 635 g/mol. The first-order valence-corrected chi connectivity index (χ1v) is 20.9. The highest BCUT2D eigenvalue weighted by molar-refractivity contribution is 7.47. The molecule has 0 aromatic heterocycles. The number of allylic oxidation sites excluding steroid dienone is 9. The molecular formula is C40H73N2O6P. The third-order valence-corrected chi connectivity index (χ3v) is 9.05. The summed E-state index contributed by atoms with van der Waals surface area (Å²) in [6.45, 7) is 4.02. The number of carbonyl (C=O) groups excluding carboxylic acids is 1. The summed E-state index contributed by atoms with van der Waals surface area (Å²) in [5.41, 5.74) is 5.35. The van der Waals surface area contributed by atoms with E-state index < -0.39 is 20.0 Å². The fourth-order valence-corrected chi connectivity index (χ4v) is 5.85. The summed E-state index contributed by atoms with van der Waals surface area (Å²) in [5.74, 6) is -0.222. The number of hydrogen-bond donors (Lipinski definition) is 4. The normalized spacial score (nSPS) is 15.0. The Balaban J connectivity index is 4.32. The molecule has 0 radical (unpaired) electrons. The fourth-order valence-electron chi connectivity index (χ4n) is 5.09. The smallest absolute Gasteiger partial charge is 0.387 e. The summed E-state index contributed by atoms with van der Waals surface area (Å²) >= 11 is 0. The summed E-state index contributed by atoms with van der Waals surface area (Å²) in [5, 5.41) is 13.6. The summed E-state index contributed by atoms with van der Waals surface area (Å²) in [7, 11) is -4.35. The Morgan fingerprint density at radius 1 is 0.673 bits per heavy atom. The second-order valence-electron chi connectivity index (χ2n) is 12.8. The van der Waals surface area contributed by atoms with Crippen LogP contribution in [0.15, 0.2) is 60.8 Å². The van der Waals surface area contributed by atoms with Crippen molar-refractivity contribution in [2.75, 3.05) is 19.8 Å². The van der Waals surface area contributed by atoms with E-state index in [0.717, 1.165) is 64.2 Å². The number of unbranched alkanes of at least 4 members (excludes halogenated alkanes) is 15. The molecule has 0 rings (SSSR count). The standard InChI is InChI=1S/C40H73N2O6P/c1-3-5-7-9-11-13-15-16-17-18-19-20-21-22-24-26-28-30-32-34-40(44)42-38(37-48-49(45,46)47-36-35-41)39(43)33-31-29-27-25-23-14-12-10-8-6-4-2/h11,13,16-17,19-20,23,25,31,33,38-39,43H,3-10,12,14-15,18,21-22,24,26-30,32,34-37,41H2,1-2H3,(H,42,44)(H,45,46)/b13-11-,17-16-,20-19-,25-23+,33-31+. The molecule has 5 N–H and O–H groups in total. The van der Waals surface area contributed by atoms with E-state index in [4.69, 9.17) is 14.8 Å². The Hall–Kier alpha value is -1.80. The topological polar surface area (TPSA) is 131 Å². The van der Waals surface area contributed by atoms with Crippen LogP contribution in [-0.2, 0) is 18.4 Å². The first-order valence-electron chi connectivity index (χ1n) is 19.4. The number of carbonyl (C=O) groups is 1. The second kappa shape index (κ2) is 36.0. The van der Waals surface area contributed by atoms with Crippen LogP contribution in [0.5, 0.6) is 0 Å². The van der Waals surface area contributed by atoms with Gasteiger partial charge in [-0.25, -0.2) is 4.57 Å². The first-order chi connectivity index (χ1) is 23.9. The summed E-state index contributed by atoms with van der Waals surface area (Å²) in [4.78, 5) is 22.6. The van der Waals surface area contributed by atoms with Crippen LogP contribution in [0.4, 0.5) is 0 Å². The van der Waals surface area contributed by atoms with Gasteiger partial charge >= 0.3 is 7.82 Å². The van der Waals surface area contributed by atoms with Crippen LogP contribution in [-0.4, -0.2) is 47.8 Å². The van der Waals surface area contributed by atoms with E-state index >= 15 is 0 Å². The molecule has 0 bridgehead atoms. The van der Waals surface area contributed by atoms with Crippen molar-refractivity contribution in [1.82, 2.24) is 5.32 Å². The number of hydrogen-bond acceptors (Lipinski definition) is 6. The number of phosphoric acid groups is 1. The third-order valence-electron chi connectivity index (χ3n) is 8.07. The molecule has 3 atom stereocenters. The van der Waals surface area contributed by atoms with Crippen LogP contribution in [0, 0.1) is 0 Å². The van der Waals surface area contributed by atoms with Gasteiger partial charge in [0, 0.05) is 13.0 Å². The van der Waals surface area contributed by atoms with Crippen LogP contribution >= 0.6 is 7.82 Å². The highest BCUT2D eigenvalue weighted by Crippen LogP contribution is 2.43. The molecule has 49 heavy (non-hydrogen) atoms. The molecule has 0 aliphatic heterocycles. The minimum Gasteiger partial charge on any atom is -0.387 e. The quantitative estimate of drug-likeness (QED) is 0.0293. The number of nitrogens with two attached hydrogens (primary N) is 1. The van der Waals surface area contributed by atoms with Gasteiger partial charge in [0.25, 0.3) is 0 Å². The zero-order valence-electron chi connectivity index (χ0n) is 31.2. The molecule has 0 aliphatic carbocycles. The maximum Gasteiger partial charge on any atom is 0.472 e. The molecule has 0 saturated carbocycles. The Morgan fingerprint density at radius 2 is 1.14 bits per heavy atom. The lowest BCUT2D eigenvalue weighted by Gasteiger charge is -2.23. The molecule has 0 heterocycles. The average molecular weight is 709 g/mol. The molecule has 1 amide bonds. The van der Waals surface area contributed by atoms with Crippen molar-refractivity contribution in [2.45, 2.75) is 167 Å². The molecule has 9 heteroatoms. The van der Waals surface area contributed by atoms with Crippen molar-refractivity contribution in [1.29, 1.82) is 0 Å². The van der Waals surface area contributed by atoms with Gasteiger partial charge in [-0.05, 0) is 70.6 Å². The molecule has 0 saturated heterocycles. The number of amides is 1. The predicted octanol–water partition coefficient (Wildman–Crippen LogP) is 10.3. The summed E-state index contributed by atoms with van der Waals surface area (Å²) in [6, 6.07) is -0.884. The van der Waals surface area contributed by atoms with Gasteiger partial charge in [-0.2, -0.15) is 0 Å². The number of aliphatic hydroxyl groups excluding tert-OH is 1. The van der Waals surface area contributed by atoms with Crippen molar-refractivity contribution >= 4 is 13.7 Å². The zero-order valence-corrected chi connectivity index (χ0v) is 32.1. The Kier molecular flexibility index (Phi) is 34.7.